The minimum atomic E-state index is -0.637. The standard InChI is InChI=1S/C13H17N3O3/c17-12(15-8-10-3-1-5-14-7-10)13(18)16-9-11-4-2-6-19-11/h1,3,5,7,11H,2,4,6,8-9H2,(H,15,17)(H,16,18)/t11-/m0/s1. The van der Waals surface area contributed by atoms with Crippen LogP contribution in [0.15, 0.2) is 24.5 Å². The van der Waals surface area contributed by atoms with Crippen molar-refractivity contribution in [2.75, 3.05) is 13.2 Å². The number of rotatable bonds is 4. The molecule has 2 N–H and O–H groups in total. The molecule has 0 unspecified atom stereocenters. The lowest BCUT2D eigenvalue weighted by molar-refractivity contribution is -0.139. The molecular weight excluding hydrogens is 246 g/mol. The van der Waals surface area contributed by atoms with Crippen molar-refractivity contribution in [3.05, 3.63) is 30.1 Å². The number of amides is 2. The molecule has 0 aliphatic carbocycles. The quantitative estimate of drug-likeness (QED) is 0.749. The van der Waals surface area contributed by atoms with Crippen LogP contribution < -0.4 is 10.6 Å². The van der Waals surface area contributed by atoms with Gasteiger partial charge in [0.25, 0.3) is 0 Å². The predicted octanol–water partition coefficient (Wildman–Crippen LogP) is -0.00700. The summed E-state index contributed by atoms with van der Waals surface area (Å²) in [6.07, 6.45) is 5.27. The average Bonchev–Trinajstić information content (AvgIpc) is 2.96. The summed E-state index contributed by atoms with van der Waals surface area (Å²) in [5.74, 6) is -1.26. The molecule has 1 aliphatic heterocycles. The third-order valence-electron chi connectivity index (χ3n) is 2.90. The molecule has 2 heterocycles. The van der Waals surface area contributed by atoms with Crippen LogP contribution in [0.4, 0.5) is 0 Å². The molecule has 0 saturated carbocycles. The van der Waals surface area contributed by atoms with E-state index in [0.717, 1.165) is 25.0 Å². The second kappa shape index (κ2) is 6.84. The fraction of sp³-hybridized carbons (Fsp3) is 0.462. The van der Waals surface area contributed by atoms with Gasteiger partial charge in [0, 0.05) is 32.1 Å². The molecule has 2 rings (SSSR count). The van der Waals surface area contributed by atoms with Gasteiger partial charge < -0.3 is 15.4 Å². The van der Waals surface area contributed by atoms with Gasteiger partial charge in [-0.3, -0.25) is 14.6 Å². The number of nitrogens with zero attached hydrogens (tertiary/aromatic N) is 1. The lowest BCUT2D eigenvalue weighted by atomic mass is 10.2. The maximum Gasteiger partial charge on any atom is 0.309 e. The Bertz CT molecular complexity index is 430. The van der Waals surface area contributed by atoms with Crippen molar-refractivity contribution < 1.29 is 14.3 Å². The Morgan fingerprint density at radius 1 is 1.37 bits per heavy atom. The molecule has 1 fully saturated rings. The van der Waals surface area contributed by atoms with E-state index in [1.54, 1.807) is 18.5 Å². The van der Waals surface area contributed by atoms with E-state index >= 15 is 0 Å². The Balaban J connectivity index is 1.68. The van der Waals surface area contributed by atoms with E-state index in [0.29, 0.717) is 13.1 Å². The Labute approximate surface area is 111 Å². The van der Waals surface area contributed by atoms with Crippen LogP contribution in [0.5, 0.6) is 0 Å². The minimum Gasteiger partial charge on any atom is -0.376 e. The molecule has 1 aliphatic rings. The van der Waals surface area contributed by atoms with Crippen LogP contribution in [-0.2, 0) is 20.9 Å². The van der Waals surface area contributed by atoms with Crippen molar-refractivity contribution in [2.24, 2.45) is 0 Å². The molecule has 6 heteroatoms. The smallest absolute Gasteiger partial charge is 0.309 e. The maximum absolute atomic E-state index is 11.5. The number of nitrogens with one attached hydrogen (secondary N) is 2. The van der Waals surface area contributed by atoms with E-state index < -0.39 is 11.8 Å². The molecule has 6 nitrogen and oxygen atoms in total. The molecule has 0 bridgehead atoms. The minimum absolute atomic E-state index is 0.0371. The van der Waals surface area contributed by atoms with E-state index in [9.17, 15) is 9.59 Å². The van der Waals surface area contributed by atoms with Gasteiger partial charge in [0.15, 0.2) is 0 Å². The predicted molar refractivity (Wildman–Crippen MR) is 68.1 cm³/mol. The zero-order valence-corrected chi connectivity index (χ0v) is 10.6. The normalized spacial score (nSPS) is 18.0. The summed E-state index contributed by atoms with van der Waals surface area (Å²) in [6, 6.07) is 3.61. The van der Waals surface area contributed by atoms with Crippen molar-refractivity contribution in [3.63, 3.8) is 0 Å². The second-order valence-corrected chi connectivity index (χ2v) is 4.39. The largest absolute Gasteiger partial charge is 0.376 e. The zero-order valence-electron chi connectivity index (χ0n) is 10.6. The van der Waals surface area contributed by atoms with Gasteiger partial charge >= 0.3 is 11.8 Å². The summed E-state index contributed by atoms with van der Waals surface area (Å²) >= 11 is 0. The fourth-order valence-electron chi connectivity index (χ4n) is 1.86. The molecule has 2 amide bonds. The monoisotopic (exact) mass is 263 g/mol. The Kier molecular flexibility index (Phi) is 4.85. The molecule has 0 radical (unpaired) electrons. The van der Waals surface area contributed by atoms with Crippen LogP contribution in [0.1, 0.15) is 18.4 Å². The molecule has 0 spiro atoms. The Morgan fingerprint density at radius 3 is 2.89 bits per heavy atom. The van der Waals surface area contributed by atoms with Gasteiger partial charge in [-0.1, -0.05) is 6.07 Å². The van der Waals surface area contributed by atoms with Gasteiger partial charge in [0.2, 0.25) is 0 Å². The highest BCUT2D eigenvalue weighted by atomic mass is 16.5. The van der Waals surface area contributed by atoms with Gasteiger partial charge in [-0.25, -0.2) is 0 Å². The molecule has 19 heavy (non-hydrogen) atoms. The van der Waals surface area contributed by atoms with E-state index in [2.05, 4.69) is 15.6 Å². The first-order chi connectivity index (χ1) is 9.25. The summed E-state index contributed by atoms with van der Waals surface area (Å²) < 4.78 is 5.36. The van der Waals surface area contributed by atoms with Crippen LogP contribution in [0, 0.1) is 0 Å². The molecular formula is C13H17N3O3. The molecule has 1 aromatic rings. The first kappa shape index (κ1) is 13.5. The highest BCUT2D eigenvalue weighted by Gasteiger charge is 2.18. The first-order valence-corrected chi connectivity index (χ1v) is 6.32. The topological polar surface area (TPSA) is 80.3 Å². The van der Waals surface area contributed by atoms with Crippen LogP contribution in [0.2, 0.25) is 0 Å². The Hall–Kier alpha value is -1.95. The number of ether oxygens (including phenoxy) is 1. The third kappa shape index (κ3) is 4.33. The third-order valence-corrected chi connectivity index (χ3v) is 2.90. The number of carbonyl (C=O) groups excluding carboxylic acids is 2. The van der Waals surface area contributed by atoms with Gasteiger partial charge in [0.05, 0.1) is 6.10 Å². The zero-order chi connectivity index (χ0) is 13.5. The number of carbonyl (C=O) groups is 2. The summed E-state index contributed by atoms with van der Waals surface area (Å²) in [6.45, 7) is 1.41. The number of hydrogen-bond acceptors (Lipinski definition) is 4. The maximum atomic E-state index is 11.5. The number of aromatic nitrogens is 1. The van der Waals surface area contributed by atoms with Gasteiger partial charge in [0.1, 0.15) is 0 Å². The van der Waals surface area contributed by atoms with Crippen molar-refractivity contribution >= 4 is 11.8 Å². The second-order valence-electron chi connectivity index (χ2n) is 4.39. The lowest BCUT2D eigenvalue weighted by Crippen LogP contribution is -2.42. The van der Waals surface area contributed by atoms with Crippen LogP contribution >= 0.6 is 0 Å². The number of hydrogen-bond donors (Lipinski definition) is 2. The highest BCUT2D eigenvalue weighted by molar-refractivity contribution is 6.35. The van der Waals surface area contributed by atoms with Crippen LogP contribution in [0.3, 0.4) is 0 Å². The van der Waals surface area contributed by atoms with Gasteiger partial charge in [-0.05, 0) is 24.5 Å². The fourth-order valence-corrected chi connectivity index (χ4v) is 1.86. The summed E-state index contributed by atoms with van der Waals surface area (Å²) in [7, 11) is 0. The van der Waals surface area contributed by atoms with Crippen molar-refractivity contribution in [1.82, 2.24) is 15.6 Å². The van der Waals surface area contributed by atoms with E-state index in [1.807, 2.05) is 6.07 Å². The first-order valence-electron chi connectivity index (χ1n) is 6.32. The summed E-state index contributed by atoms with van der Waals surface area (Å²) in [4.78, 5) is 27.0. The Morgan fingerprint density at radius 2 is 2.21 bits per heavy atom. The SMILES string of the molecule is O=C(NCc1cccnc1)C(=O)NC[C@@H]1CCCO1. The van der Waals surface area contributed by atoms with E-state index in [1.165, 1.54) is 0 Å². The molecule has 1 aromatic heterocycles. The molecule has 1 atom stereocenters. The average molecular weight is 263 g/mol. The molecule has 0 aromatic carbocycles. The number of pyridine rings is 1. The molecule has 1 saturated heterocycles. The van der Waals surface area contributed by atoms with Crippen molar-refractivity contribution in [2.45, 2.75) is 25.5 Å². The van der Waals surface area contributed by atoms with E-state index in [-0.39, 0.29) is 6.10 Å². The van der Waals surface area contributed by atoms with Crippen LogP contribution in [0.25, 0.3) is 0 Å². The van der Waals surface area contributed by atoms with Crippen molar-refractivity contribution in [3.8, 4) is 0 Å². The molecule has 102 valence electrons. The lowest BCUT2D eigenvalue weighted by Gasteiger charge is -2.10. The van der Waals surface area contributed by atoms with Crippen molar-refractivity contribution in [1.29, 1.82) is 0 Å². The summed E-state index contributed by atoms with van der Waals surface area (Å²) in [5.41, 5.74) is 0.850. The highest BCUT2D eigenvalue weighted by Crippen LogP contribution is 2.10. The summed E-state index contributed by atoms with van der Waals surface area (Å²) in [5, 5.41) is 5.11. The van der Waals surface area contributed by atoms with Gasteiger partial charge in [-0.15, -0.1) is 0 Å². The van der Waals surface area contributed by atoms with Crippen LogP contribution in [-0.4, -0.2) is 36.1 Å². The van der Waals surface area contributed by atoms with Gasteiger partial charge in [-0.2, -0.15) is 0 Å². The van der Waals surface area contributed by atoms with E-state index in [4.69, 9.17) is 4.74 Å².